The standard InChI is InChI=1S/3C10H13.Sn/c3*1-8(2)10-7-5-4-6-9(10)3;/h3*4-8H,1H2,2-3H3;. The zero-order chi connectivity index (χ0) is 22.4. The fraction of sp³-hybridized carbons (Fsp3) is 0.400. The van der Waals surface area contributed by atoms with E-state index in [0.29, 0.717) is 17.8 Å². The van der Waals surface area contributed by atoms with Crippen molar-refractivity contribution in [2.45, 2.75) is 72.6 Å². The van der Waals surface area contributed by atoms with Gasteiger partial charge in [-0.2, -0.15) is 0 Å². The number of benzene rings is 3. The summed E-state index contributed by atoms with van der Waals surface area (Å²) in [5.41, 5.74) is 9.05. The molecule has 0 amide bonds. The summed E-state index contributed by atoms with van der Waals surface area (Å²) < 4.78 is 4.33. The molecule has 0 nitrogen and oxygen atoms in total. The molecule has 1 heteroatoms. The molecule has 3 unspecified atom stereocenters. The molecule has 1 radical (unpaired) electrons. The van der Waals surface area contributed by atoms with Crippen molar-refractivity contribution < 1.29 is 0 Å². The van der Waals surface area contributed by atoms with Crippen molar-refractivity contribution in [3.8, 4) is 0 Å². The molecule has 3 rings (SSSR count). The van der Waals surface area contributed by atoms with Crippen LogP contribution in [0.3, 0.4) is 0 Å². The average Bonchev–Trinajstić information content (AvgIpc) is 2.74. The van der Waals surface area contributed by atoms with Gasteiger partial charge in [-0.25, -0.2) is 0 Å². The van der Waals surface area contributed by atoms with Crippen LogP contribution in [0.5, 0.6) is 0 Å². The summed E-state index contributed by atoms with van der Waals surface area (Å²) in [6, 6.07) is 27.1. The second-order valence-corrected chi connectivity index (χ2v) is 17.4. The van der Waals surface area contributed by atoms with E-state index < -0.39 is 19.8 Å². The Morgan fingerprint density at radius 2 is 0.742 bits per heavy atom. The molecule has 3 aromatic rings. The van der Waals surface area contributed by atoms with Gasteiger partial charge in [0.1, 0.15) is 0 Å². The summed E-state index contributed by atoms with van der Waals surface area (Å²) in [7, 11) is 0. The quantitative estimate of drug-likeness (QED) is 0.248. The molecule has 0 aliphatic heterocycles. The van der Waals surface area contributed by atoms with Gasteiger partial charge in [0, 0.05) is 0 Å². The summed E-state index contributed by atoms with van der Waals surface area (Å²) in [4.78, 5) is 0. The molecule has 0 heterocycles. The molecule has 0 aliphatic rings. The number of hydrogen-bond donors (Lipinski definition) is 0. The van der Waals surface area contributed by atoms with Gasteiger partial charge in [0.15, 0.2) is 0 Å². The van der Waals surface area contributed by atoms with Crippen molar-refractivity contribution in [3.05, 3.63) is 106 Å². The van der Waals surface area contributed by atoms with Gasteiger partial charge in [-0.3, -0.25) is 0 Å². The SMILES string of the molecule is Cc1ccccc1C(C)[CH2][Sn]([CH2]C(C)c1ccccc1C)[CH2]C(C)c1ccccc1C. The summed E-state index contributed by atoms with van der Waals surface area (Å²) >= 11 is -1.67. The van der Waals surface area contributed by atoms with E-state index in [9.17, 15) is 0 Å². The van der Waals surface area contributed by atoms with Crippen LogP contribution in [-0.2, 0) is 0 Å². The zero-order valence-corrected chi connectivity index (χ0v) is 23.1. The fourth-order valence-corrected chi connectivity index (χ4v) is 16.0. The molecule has 0 fully saturated rings. The Balaban J connectivity index is 1.81. The van der Waals surface area contributed by atoms with Gasteiger partial charge in [0.2, 0.25) is 0 Å². The van der Waals surface area contributed by atoms with Crippen molar-refractivity contribution in [2.75, 3.05) is 0 Å². The maximum atomic E-state index is 2.47. The molecular formula is C30H39Sn. The van der Waals surface area contributed by atoms with Crippen LogP contribution in [0.15, 0.2) is 72.8 Å². The van der Waals surface area contributed by atoms with E-state index in [1.807, 2.05) is 0 Å². The Labute approximate surface area is 197 Å². The molecule has 0 bridgehead atoms. The van der Waals surface area contributed by atoms with Crippen LogP contribution in [0.25, 0.3) is 0 Å². The van der Waals surface area contributed by atoms with E-state index in [2.05, 4.69) is 114 Å². The first-order valence-corrected chi connectivity index (χ1v) is 17.9. The third-order valence-electron chi connectivity index (χ3n) is 6.94. The molecule has 31 heavy (non-hydrogen) atoms. The predicted octanol–water partition coefficient (Wildman–Crippen LogP) is 8.82. The van der Waals surface area contributed by atoms with Crippen molar-refractivity contribution >= 4 is 19.8 Å². The molecule has 3 atom stereocenters. The first-order chi connectivity index (χ1) is 14.9. The van der Waals surface area contributed by atoms with Crippen LogP contribution in [0.2, 0.25) is 13.3 Å². The summed E-state index contributed by atoms with van der Waals surface area (Å²) in [6.07, 6.45) is 0. The monoisotopic (exact) mass is 519 g/mol. The maximum absolute atomic E-state index is 2.47. The summed E-state index contributed by atoms with van der Waals surface area (Å²) in [6.45, 7) is 14.3. The minimum atomic E-state index is -1.67. The second-order valence-electron chi connectivity index (χ2n) is 9.64. The minimum absolute atomic E-state index is 0.670. The third kappa shape index (κ3) is 6.48. The predicted molar refractivity (Wildman–Crippen MR) is 139 cm³/mol. The first kappa shape index (κ1) is 24.1. The molecule has 3 aromatic carbocycles. The molecule has 0 saturated carbocycles. The van der Waals surface area contributed by atoms with Crippen molar-refractivity contribution in [2.24, 2.45) is 0 Å². The molecule has 0 saturated heterocycles. The average molecular weight is 518 g/mol. The van der Waals surface area contributed by atoms with Crippen LogP contribution < -0.4 is 0 Å². The van der Waals surface area contributed by atoms with Gasteiger partial charge < -0.3 is 0 Å². The van der Waals surface area contributed by atoms with Crippen LogP contribution in [-0.4, -0.2) is 19.8 Å². The van der Waals surface area contributed by atoms with E-state index in [4.69, 9.17) is 0 Å². The van der Waals surface area contributed by atoms with Crippen molar-refractivity contribution in [1.82, 2.24) is 0 Å². The molecule has 0 aromatic heterocycles. The van der Waals surface area contributed by atoms with Gasteiger partial charge in [-0.15, -0.1) is 0 Å². The van der Waals surface area contributed by atoms with E-state index in [1.165, 1.54) is 30.0 Å². The summed E-state index contributed by atoms with van der Waals surface area (Å²) in [5.74, 6) is 2.01. The molecule has 0 spiro atoms. The Bertz CT molecular complexity index is 846. The molecule has 0 N–H and O–H groups in total. The number of hydrogen-bond acceptors (Lipinski definition) is 0. The zero-order valence-electron chi connectivity index (χ0n) is 20.3. The van der Waals surface area contributed by atoms with Crippen molar-refractivity contribution in [1.29, 1.82) is 0 Å². The second kappa shape index (κ2) is 11.4. The third-order valence-corrected chi connectivity index (χ3v) is 17.1. The molecule has 0 aliphatic carbocycles. The van der Waals surface area contributed by atoms with Crippen LogP contribution in [0.1, 0.15) is 71.9 Å². The Hall–Kier alpha value is -1.54. The Morgan fingerprint density at radius 1 is 0.484 bits per heavy atom. The van der Waals surface area contributed by atoms with E-state index in [0.717, 1.165) is 0 Å². The molecule has 163 valence electrons. The fourth-order valence-electron chi connectivity index (χ4n) is 5.30. The number of rotatable bonds is 9. The van der Waals surface area contributed by atoms with E-state index in [-0.39, 0.29) is 0 Å². The summed E-state index contributed by atoms with van der Waals surface area (Å²) in [5, 5.41) is 0. The number of aryl methyl sites for hydroxylation is 3. The van der Waals surface area contributed by atoms with Crippen LogP contribution in [0.4, 0.5) is 0 Å². The van der Waals surface area contributed by atoms with Gasteiger partial charge >= 0.3 is 199 Å². The molecular weight excluding hydrogens is 479 g/mol. The van der Waals surface area contributed by atoms with Crippen LogP contribution in [0, 0.1) is 20.8 Å². The van der Waals surface area contributed by atoms with Gasteiger partial charge in [0.05, 0.1) is 0 Å². The van der Waals surface area contributed by atoms with E-state index >= 15 is 0 Å². The Kier molecular flexibility index (Phi) is 8.84. The van der Waals surface area contributed by atoms with Gasteiger partial charge in [0.25, 0.3) is 0 Å². The Morgan fingerprint density at radius 3 is 1.00 bits per heavy atom. The van der Waals surface area contributed by atoms with E-state index in [1.54, 1.807) is 16.7 Å². The topological polar surface area (TPSA) is 0 Å². The van der Waals surface area contributed by atoms with Crippen LogP contribution >= 0.6 is 0 Å². The van der Waals surface area contributed by atoms with Gasteiger partial charge in [-0.05, 0) is 0 Å². The van der Waals surface area contributed by atoms with Crippen molar-refractivity contribution in [3.63, 3.8) is 0 Å². The van der Waals surface area contributed by atoms with Gasteiger partial charge in [-0.1, -0.05) is 0 Å². The first-order valence-electron chi connectivity index (χ1n) is 11.9. The normalized spacial score (nSPS) is 14.4.